The number of hydrogen-bond donors (Lipinski definition) is 1. The van der Waals surface area contributed by atoms with Gasteiger partial charge in [0.2, 0.25) is 11.8 Å². The summed E-state index contributed by atoms with van der Waals surface area (Å²) in [5, 5.41) is 2.86. The molecule has 2 rings (SSSR count). The fourth-order valence-corrected chi connectivity index (χ4v) is 2.68. The second-order valence-corrected chi connectivity index (χ2v) is 6.16. The molecule has 0 atom stereocenters. The highest BCUT2D eigenvalue weighted by Crippen LogP contribution is 2.23. The summed E-state index contributed by atoms with van der Waals surface area (Å²) in [4.78, 5) is 25.9. The Morgan fingerprint density at radius 3 is 2.58 bits per heavy atom. The first-order chi connectivity index (χ1) is 12.5. The molecule has 0 aromatic heterocycles. The van der Waals surface area contributed by atoms with Crippen molar-refractivity contribution in [2.75, 3.05) is 18.5 Å². The lowest BCUT2D eigenvalue weighted by molar-refractivity contribution is -0.129. The Morgan fingerprint density at radius 1 is 1.12 bits per heavy atom. The van der Waals surface area contributed by atoms with Gasteiger partial charge in [-0.1, -0.05) is 42.0 Å². The monoisotopic (exact) mass is 354 g/mol. The highest BCUT2D eigenvalue weighted by atomic mass is 16.5. The van der Waals surface area contributed by atoms with Crippen molar-refractivity contribution in [3.8, 4) is 5.75 Å². The fraction of sp³-hybridized carbons (Fsp3) is 0.333. The van der Waals surface area contributed by atoms with Crippen LogP contribution in [0.2, 0.25) is 0 Å². The quantitative estimate of drug-likeness (QED) is 0.785. The summed E-state index contributed by atoms with van der Waals surface area (Å²) in [6, 6.07) is 15.4. The molecule has 5 heteroatoms. The second-order valence-electron chi connectivity index (χ2n) is 6.16. The summed E-state index contributed by atoms with van der Waals surface area (Å²) in [5.74, 6) is 0.452. The Hall–Kier alpha value is -2.82. The van der Waals surface area contributed by atoms with Gasteiger partial charge in [-0.25, -0.2) is 0 Å². The summed E-state index contributed by atoms with van der Waals surface area (Å²) >= 11 is 0. The smallest absolute Gasteiger partial charge is 0.226 e. The molecule has 26 heavy (non-hydrogen) atoms. The molecular formula is C21H26N2O3. The minimum absolute atomic E-state index is 0.0472. The molecule has 0 fully saturated rings. The first kappa shape index (κ1) is 19.5. The Balaban J connectivity index is 1.94. The summed E-state index contributed by atoms with van der Waals surface area (Å²) in [6.07, 6.45) is 0.228. The molecule has 0 heterocycles. The van der Waals surface area contributed by atoms with Crippen molar-refractivity contribution >= 4 is 17.5 Å². The number of carbonyl (C=O) groups excluding carboxylic acids is 2. The van der Waals surface area contributed by atoms with Gasteiger partial charge in [-0.2, -0.15) is 0 Å². The molecular weight excluding hydrogens is 328 g/mol. The number of ether oxygens (including phenoxy) is 1. The van der Waals surface area contributed by atoms with Gasteiger partial charge in [-0.3, -0.25) is 9.59 Å². The number of nitrogens with zero attached hydrogens (tertiary/aromatic N) is 1. The Kier molecular flexibility index (Phi) is 7.21. The average Bonchev–Trinajstić information content (AvgIpc) is 2.60. The molecule has 2 aromatic carbocycles. The molecule has 1 N–H and O–H groups in total. The summed E-state index contributed by atoms with van der Waals surface area (Å²) in [5.41, 5.74) is 2.85. The SMILES string of the molecule is CCOc1ccccc1NC(=O)CCN(Cc1cccc(C)c1)C(C)=O. The number of nitrogens with one attached hydrogen (secondary N) is 1. The van der Waals surface area contributed by atoms with Gasteiger partial charge in [0, 0.05) is 26.4 Å². The van der Waals surface area contributed by atoms with Gasteiger partial charge in [-0.15, -0.1) is 0 Å². The number of hydrogen-bond acceptors (Lipinski definition) is 3. The largest absolute Gasteiger partial charge is 0.492 e. The highest BCUT2D eigenvalue weighted by molar-refractivity contribution is 5.92. The zero-order valence-electron chi connectivity index (χ0n) is 15.6. The summed E-state index contributed by atoms with van der Waals surface area (Å²) < 4.78 is 5.51. The van der Waals surface area contributed by atoms with Crippen LogP contribution in [0.5, 0.6) is 5.75 Å². The van der Waals surface area contributed by atoms with E-state index in [9.17, 15) is 9.59 Å². The molecule has 0 unspecified atom stereocenters. The van der Waals surface area contributed by atoms with Gasteiger partial charge < -0.3 is 15.0 Å². The van der Waals surface area contributed by atoms with Crippen LogP contribution in [-0.2, 0) is 16.1 Å². The van der Waals surface area contributed by atoms with Crippen LogP contribution in [0.1, 0.15) is 31.4 Å². The fourth-order valence-electron chi connectivity index (χ4n) is 2.68. The number of aryl methyl sites for hydroxylation is 1. The Bertz CT molecular complexity index is 758. The van der Waals surface area contributed by atoms with Crippen LogP contribution in [0.4, 0.5) is 5.69 Å². The van der Waals surface area contributed by atoms with Crippen molar-refractivity contribution in [1.29, 1.82) is 0 Å². The number of benzene rings is 2. The van der Waals surface area contributed by atoms with Crippen LogP contribution < -0.4 is 10.1 Å². The minimum Gasteiger partial charge on any atom is -0.492 e. The number of carbonyl (C=O) groups is 2. The standard InChI is InChI=1S/C21H26N2O3/c1-4-26-20-11-6-5-10-19(20)22-21(25)12-13-23(17(3)24)15-18-9-7-8-16(2)14-18/h5-11,14H,4,12-13,15H2,1-3H3,(H,22,25). The van der Waals surface area contributed by atoms with E-state index >= 15 is 0 Å². The molecule has 138 valence electrons. The maximum absolute atomic E-state index is 12.3. The molecule has 2 aromatic rings. The molecule has 0 saturated heterocycles. The van der Waals surface area contributed by atoms with E-state index in [-0.39, 0.29) is 18.2 Å². The van der Waals surface area contributed by atoms with E-state index in [1.54, 1.807) is 11.0 Å². The highest BCUT2D eigenvalue weighted by Gasteiger charge is 2.13. The molecule has 5 nitrogen and oxygen atoms in total. The maximum Gasteiger partial charge on any atom is 0.226 e. The van der Waals surface area contributed by atoms with Crippen molar-refractivity contribution in [3.63, 3.8) is 0 Å². The van der Waals surface area contributed by atoms with Crippen molar-refractivity contribution in [3.05, 3.63) is 59.7 Å². The van der Waals surface area contributed by atoms with Crippen molar-refractivity contribution in [1.82, 2.24) is 4.90 Å². The van der Waals surface area contributed by atoms with E-state index in [0.717, 1.165) is 11.1 Å². The predicted molar refractivity (Wildman–Crippen MR) is 103 cm³/mol. The van der Waals surface area contributed by atoms with Crippen molar-refractivity contribution in [2.24, 2.45) is 0 Å². The van der Waals surface area contributed by atoms with Crippen LogP contribution in [0.25, 0.3) is 0 Å². The van der Waals surface area contributed by atoms with Crippen LogP contribution >= 0.6 is 0 Å². The lowest BCUT2D eigenvalue weighted by Crippen LogP contribution is -2.31. The van der Waals surface area contributed by atoms with E-state index in [2.05, 4.69) is 5.32 Å². The van der Waals surface area contributed by atoms with E-state index in [1.807, 2.05) is 56.3 Å². The number of anilines is 1. The first-order valence-electron chi connectivity index (χ1n) is 8.82. The molecule has 0 saturated carbocycles. The third kappa shape index (κ3) is 5.92. The molecule has 0 aliphatic carbocycles. The van der Waals surface area contributed by atoms with Gasteiger partial charge in [0.1, 0.15) is 5.75 Å². The molecule has 0 aliphatic rings. The zero-order valence-corrected chi connectivity index (χ0v) is 15.6. The van der Waals surface area contributed by atoms with Crippen molar-refractivity contribution < 1.29 is 14.3 Å². The molecule has 0 aliphatic heterocycles. The van der Waals surface area contributed by atoms with Gasteiger partial charge >= 0.3 is 0 Å². The van der Waals surface area contributed by atoms with E-state index in [0.29, 0.717) is 31.1 Å². The summed E-state index contributed by atoms with van der Waals surface area (Å²) in [7, 11) is 0. The first-order valence-corrected chi connectivity index (χ1v) is 8.82. The lowest BCUT2D eigenvalue weighted by Gasteiger charge is -2.21. The van der Waals surface area contributed by atoms with Crippen molar-refractivity contribution in [2.45, 2.75) is 33.7 Å². The minimum atomic E-state index is -0.146. The third-order valence-electron chi connectivity index (χ3n) is 3.97. The maximum atomic E-state index is 12.3. The molecule has 0 radical (unpaired) electrons. The number of amides is 2. The third-order valence-corrected chi connectivity index (χ3v) is 3.97. The molecule has 0 spiro atoms. The van der Waals surface area contributed by atoms with E-state index in [4.69, 9.17) is 4.74 Å². The molecule has 2 amide bonds. The van der Waals surface area contributed by atoms with E-state index < -0.39 is 0 Å². The van der Waals surface area contributed by atoms with Gasteiger partial charge in [0.05, 0.1) is 12.3 Å². The predicted octanol–water partition coefficient (Wildman–Crippen LogP) is 3.77. The molecule has 0 bridgehead atoms. The van der Waals surface area contributed by atoms with Gasteiger partial charge in [0.25, 0.3) is 0 Å². The van der Waals surface area contributed by atoms with Gasteiger partial charge in [-0.05, 0) is 31.5 Å². The van der Waals surface area contributed by atoms with Crippen LogP contribution in [0.15, 0.2) is 48.5 Å². The van der Waals surface area contributed by atoms with E-state index in [1.165, 1.54) is 6.92 Å². The Morgan fingerprint density at radius 2 is 1.88 bits per heavy atom. The zero-order chi connectivity index (χ0) is 18.9. The summed E-state index contributed by atoms with van der Waals surface area (Å²) in [6.45, 7) is 6.84. The second kappa shape index (κ2) is 9.61. The number of rotatable bonds is 8. The topological polar surface area (TPSA) is 58.6 Å². The Labute approximate surface area is 155 Å². The normalized spacial score (nSPS) is 10.3. The van der Waals surface area contributed by atoms with Crippen LogP contribution in [0.3, 0.4) is 0 Å². The van der Waals surface area contributed by atoms with Crippen LogP contribution in [0, 0.1) is 6.92 Å². The van der Waals surface area contributed by atoms with Gasteiger partial charge in [0.15, 0.2) is 0 Å². The lowest BCUT2D eigenvalue weighted by atomic mass is 10.1. The van der Waals surface area contributed by atoms with Crippen LogP contribution in [-0.4, -0.2) is 29.9 Å². The number of para-hydroxylation sites is 2. The average molecular weight is 354 g/mol.